The first-order chi connectivity index (χ1) is 22.8. The minimum atomic E-state index is -0.428. The minimum absolute atomic E-state index is 0.0472. The predicted molar refractivity (Wildman–Crippen MR) is 174 cm³/mol. The Kier molecular flexibility index (Phi) is 5.50. The highest BCUT2D eigenvalue weighted by Gasteiger charge is 2.79. The van der Waals surface area contributed by atoms with E-state index in [4.69, 9.17) is 9.47 Å². The Morgan fingerprint density at radius 3 is 2.38 bits per heavy atom. The molecule has 2 N–H and O–H groups in total. The molecular weight excluding hydrogens is 588 g/mol. The third kappa shape index (κ3) is 3.44. The number of phenolic OH excluding ortho intramolecular Hbond substituents is 2. The summed E-state index contributed by atoms with van der Waals surface area (Å²) in [6.07, 6.45) is 5.39. The van der Waals surface area contributed by atoms with Crippen LogP contribution in [0.3, 0.4) is 0 Å². The summed E-state index contributed by atoms with van der Waals surface area (Å²) in [6, 6.07) is 23.6. The zero-order valence-electron chi connectivity index (χ0n) is 26.3. The van der Waals surface area contributed by atoms with Gasteiger partial charge in [0.2, 0.25) is 0 Å². The van der Waals surface area contributed by atoms with Crippen LogP contribution in [0.5, 0.6) is 17.2 Å². The van der Waals surface area contributed by atoms with E-state index in [0.29, 0.717) is 41.9 Å². The van der Waals surface area contributed by atoms with E-state index in [2.05, 4.69) is 37.3 Å². The van der Waals surface area contributed by atoms with Crippen molar-refractivity contribution in [1.29, 1.82) is 0 Å². The topological polar surface area (TPSA) is 96.4 Å². The number of carbonyl (C=O) groups excluding carboxylic acids is 2. The first-order valence-corrected chi connectivity index (χ1v) is 17.1. The van der Waals surface area contributed by atoms with Crippen molar-refractivity contribution >= 4 is 11.6 Å². The lowest BCUT2D eigenvalue weighted by atomic mass is 9.53. The van der Waals surface area contributed by atoms with Gasteiger partial charge in [0.1, 0.15) is 29.5 Å². The van der Waals surface area contributed by atoms with Crippen LogP contribution in [0.1, 0.15) is 104 Å². The maximum absolute atomic E-state index is 13.8. The standard InChI is InChI=1S/C41H36O6/c1-40-16-15-25-24-14-12-23(46-20-21-7-3-2-4-8-21)17-22(24)11-13-26(25)30(40)19-31-33-29(18-32-41(31,40)47-32)38(44)34-35(39(33)45)37(43)28-10-6-5-9-27(28)36(34)42/h2-10,12,14,17,25-26,30-32,44-45H,11,13,15-16,18-20H2,1H3/t25-,26-,30+,31+,32+,40+,41-/m1/s1. The third-order valence-electron chi connectivity index (χ3n) is 13.2. The van der Waals surface area contributed by atoms with E-state index in [1.165, 1.54) is 11.1 Å². The average molecular weight is 625 g/mol. The maximum atomic E-state index is 13.8. The minimum Gasteiger partial charge on any atom is -0.507 e. The van der Waals surface area contributed by atoms with Crippen molar-refractivity contribution < 1.29 is 29.3 Å². The smallest absolute Gasteiger partial charge is 0.198 e. The van der Waals surface area contributed by atoms with Gasteiger partial charge < -0.3 is 19.7 Å². The lowest BCUT2D eigenvalue weighted by Crippen LogP contribution is -2.48. The van der Waals surface area contributed by atoms with Crippen LogP contribution >= 0.6 is 0 Å². The van der Waals surface area contributed by atoms with Gasteiger partial charge in [-0.25, -0.2) is 0 Å². The molecule has 3 fully saturated rings. The molecule has 6 nitrogen and oxygen atoms in total. The molecule has 10 rings (SSSR count). The molecule has 0 radical (unpaired) electrons. The molecule has 0 unspecified atom stereocenters. The molecule has 5 aliphatic carbocycles. The average Bonchev–Trinajstić information content (AvgIpc) is 3.79. The highest BCUT2D eigenvalue weighted by Crippen LogP contribution is 2.78. The van der Waals surface area contributed by atoms with Crippen LogP contribution in [-0.4, -0.2) is 33.5 Å². The van der Waals surface area contributed by atoms with Gasteiger partial charge in [-0.1, -0.05) is 67.6 Å². The molecule has 0 bridgehead atoms. The number of rotatable bonds is 3. The first-order valence-electron chi connectivity index (χ1n) is 17.1. The Morgan fingerprint density at radius 2 is 1.62 bits per heavy atom. The van der Waals surface area contributed by atoms with E-state index in [1.807, 2.05) is 18.2 Å². The van der Waals surface area contributed by atoms with Crippen LogP contribution in [0.4, 0.5) is 0 Å². The zero-order valence-corrected chi connectivity index (χ0v) is 26.3. The van der Waals surface area contributed by atoms with Gasteiger partial charge in [0.05, 0.1) is 17.2 Å². The van der Waals surface area contributed by atoms with Crippen molar-refractivity contribution in [3.8, 4) is 17.2 Å². The Balaban J connectivity index is 1.00. The highest BCUT2D eigenvalue weighted by atomic mass is 16.6. The fourth-order valence-corrected chi connectivity index (χ4v) is 11.1. The van der Waals surface area contributed by atoms with Crippen molar-refractivity contribution in [3.05, 3.63) is 123 Å². The molecule has 7 atom stereocenters. The van der Waals surface area contributed by atoms with Crippen LogP contribution in [0.2, 0.25) is 0 Å². The molecule has 2 saturated carbocycles. The predicted octanol–water partition coefficient (Wildman–Crippen LogP) is 7.40. The van der Waals surface area contributed by atoms with Gasteiger partial charge in [-0.2, -0.15) is 0 Å². The second-order valence-electron chi connectivity index (χ2n) is 14.9. The van der Waals surface area contributed by atoms with E-state index < -0.39 is 17.2 Å². The summed E-state index contributed by atoms with van der Waals surface area (Å²) < 4.78 is 12.9. The molecule has 1 spiro atoms. The van der Waals surface area contributed by atoms with Crippen LogP contribution in [0, 0.1) is 17.3 Å². The number of epoxide rings is 1. The summed E-state index contributed by atoms with van der Waals surface area (Å²) in [5, 5.41) is 23.6. The number of ether oxygens (including phenoxy) is 2. The molecule has 236 valence electrons. The van der Waals surface area contributed by atoms with Gasteiger partial charge in [0.15, 0.2) is 11.6 Å². The van der Waals surface area contributed by atoms with Gasteiger partial charge >= 0.3 is 0 Å². The molecule has 1 heterocycles. The molecule has 6 heteroatoms. The summed E-state index contributed by atoms with van der Waals surface area (Å²) >= 11 is 0. The fourth-order valence-electron chi connectivity index (χ4n) is 11.1. The molecule has 0 aromatic heterocycles. The molecule has 1 aliphatic heterocycles. The lowest BCUT2D eigenvalue weighted by Gasteiger charge is -2.50. The highest BCUT2D eigenvalue weighted by molar-refractivity contribution is 6.30. The molecule has 1 saturated heterocycles. The summed E-state index contributed by atoms with van der Waals surface area (Å²) in [7, 11) is 0. The van der Waals surface area contributed by atoms with E-state index in [-0.39, 0.29) is 51.2 Å². The van der Waals surface area contributed by atoms with E-state index >= 15 is 0 Å². The number of phenols is 2. The number of hydrogen-bond acceptors (Lipinski definition) is 6. The van der Waals surface area contributed by atoms with Crippen molar-refractivity contribution in [3.63, 3.8) is 0 Å². The number of hydrogen-bond donors (Lipinski definition) is 2. The SMILES string of the molecule is C[C@]12CC[C@@H]3c4ccc(OCc5ccccc5)cc4CC[C@H]3[C@@H]1C[C@H]1c3c(O)c4c(c(O)c3C[C@@H]3O[C@@]312)C(=O)c1ccccc1C4=O. The van der Waals surface area contributed by atoms with Crippen LogP contribution in [-0.2, 0) is 24.2 Å². The quantitative estimate of drug-likeness (QED) is 0.161. The van der Waals surface area contributed by atoms with Crippen molar-refractivity contribution in [2.75, 3.05) is 0 Å². The van der Waals surface area contributed by atoms with Gasteiger partial charge in [0, 0.05) is 40.0 Å². The Hall–Kier alpha value is -4.42. The van der Waals surface area contributed by atoms with E-state index in [1.54, 1.807) is 24.3 Å². The van der Waals surface area contributed by atoms with Crippen molar-refractivity contribution in [1.82, 2.24) is 0 Å². The number of fused-ring (bicyclic) bond motifs is 9. The molecule has 47 heavy (non-hydrogen) atoms. The zero-order chi connectivity index (χ0) is 31.8. The fraction of sp³-hybridized carbons (Fsp3) is 0.366. The summed E-state index contributed by atoms with van der Waals surface area (Å²) in [5.41, 5.74) is 5.13. The van der Waals surface area contributed by atoms with Gasteiger partial charge in [0.25, 0.3) is 0 Å². The number of carbonyl (C=O) groups is 2. The largest absolute Gasteiger partial charge is 0.507 e. The summed E-state index contributed by atoms with van der Waals surface area (Å²) in [5.74, 6) is 0.979. The lowest BCUT2D eigenvalue weighted by molar-refractivity contribution is 0.00996. The van der Waals surface area contributed by atoms with E-state index in [0.717, 1.165) is 43.4 Å². The molecular formula is C41H36O6. The van der Waals surface area contributed by atoms with Gasteiger partial charge in [-0.15, -0.1) is 0 Å². The second-order valence-corrected chi connectivity index (χ2v) is 14.9. The van der Waals surface area contributed by atoms with Gasteiger partial charge in [-0.3, -0.25) is 9.59 Å². The summed E-state index contributed by atoms with van der Waals surface area (Å²) in [4.78, 5) is 27.4. The Bertz CT molecular complexity index is 2050. The van der Waals surface area contributed by atoms with Crippen LogP contribution in [0.25, 0.3) is 0 Å². The first kappa shape index (κ1) is 27.7. The summed E-state index contributed by atoms with van der Waals surface area (Å²) in [6.45, 7) is 2.95. The van der Waals surface area contributed by atoms with Crippen molar-refractivity contribution in [2.45, 2.75) is 75.6 Å². The maximum Gasteiger partial charge on any atom is 0.198 e. The van der Waals surface area contributed by atoms with Crippen LogP contribution < -0.4 is 4.74 Å². The molecule has 4 aromatic rings. The normalized spacial score (nSPS) is 32.1. The van der Waals surface area contributed by atoms with Gasteiger partial charge in [-0.05, 0) is 78.7 Å². The number of ketones is 2. The number of aromatic hydroxyl groups is 2. The third-order valence-corrected chi connectivity index (χ3v) is 13.2. The monoisotopic (exact) mass is 624 g/mol. The Morgan fingerprint density at radius 1 is 0.894 bits per heavy atom. The van der Waals surface area contributed by atoms with Crippen molar-refractivity contribution in [2.24, 2.45) is 17.3 Å². The molecule has 4 aromatic carbocycles. The second kappa shape index (κ2) is 9.35. The molecule has 6 aliphatic rings. The number of aryl methyl sites for hydroxylation is 1. The Labute approximate surface area is 273 Å². The number of benzene rings is 4. The van der Waals surface area contributed by atoms with E-state index in [9.17, 15) is 19.8 Å². The van der Waals surface area contributed by atoms with Crippen LogP contribution in [0.15, 0.2) is 72.8 Å². The molecule has 0 amide bonds.